The van der Waals surface area contributed by atoms with Gasteiger partial charge >= 0.3 is 6.18 Å². The van der Waals surface area contributed by atoms with Gasteiger partial charge in [0.15, 0.2) is 5.08 Å². The summed E-state index contributed by atoms with van der Waals surface area (Å²) in [5.74, 6) is 0. The molecule has 0 nitrogen and oxygen atoms in total. The van der Waals surface area contributed by atoms with Gasteiger partial charge in [-0.25, -0.2) is 4.39 Å². The standard InChI is InChI=1S/C8H5BrF4/c9-7(10)5-2-1-3-6(4-5)8(11,12)13/h1-4,7H. The molecule has 0 bridgehead atoms. The van der Waals surface area contributed by atoms with Gasteiger partial charge in [0.1, 0.15) is 0 Å². The van der Waals surface area contributed by atoms with Crippen LogP contribution < -0.4 is 0 Å². The van der Waals surface area contributed by atoms with E-state index < -0.39 is 16.8 Å². The van der Waals surface area contributed by atoms with Crippen LogP contribution in [0.25, 0.3) is 0 Å². The van der Waals surface area contributed by atoms with Crippen LogP contribution in [0, 0.1) is 0 Å². The molecule has 0 aliphatic heterocycles. The molecule has 5 heteroatoms. The van der Waals surface area contributed by atoms with Gasteiger partial charge in [0.2, 0.25) is 0 Å². The molecule has 1 rings (SSSR count). The minimum atomic E-state index is -4.42. The van der Waals surface area contributed by atoms with Crippen LogP contribution in [-0.2, 0) is 6.18 Å². The van der Waals surface area contributed by atoms with Crippen molar-refractivity contribution in [2.45, 2.75) is 11.3 Å². The highest BCUT2D eigenvalue weighted by Gasteiger charge is 2.30. The lowest BCUT2D eigenvalue weighted by molar-refractivity contribution is -0.137. The van der Waals surface area contributed by atoms with Crippen molar-refractivity contribution in [1.82, 2.24) is 0 Å². The van der Waals surface area contributed by atoms with Gasteiger partial charge in [-0.2, -0.15) is 13.2 Å². The lowest BCUT2D eigenvalue weighted by atomic mass is 10.1. The first-order valence-corrected chi connectivity index (χ1v) is 4.28. The smallest absolute Gasteiger partial charge is 0.230 e. The molecule has 0 saturated heterocycles. The fraction of sp³-hybridized carbons (Fsp3) is 0.250. The maximum atomic E-state index is 12.6. The summed E-state index contributed by atoms with van der Waals surface area (Å²) in [6.45, 7) is 0. The molecule has 0 radical (unpaired) electrons. The summed E-state index contributed by atoms with van der Waals surface area (Å²) < 4.78 is 48.8. The van der Waals surface area contributed by atoms with E-state index in [2.05, 4.69) is 15.9 Å². The van der Waals surface area contributed by atoms with Crippen LogP contribution in [0.1, 0.15) is 16.2 Å². The fourth-order valence-electron chi connectivity index (χ4n) is 0.851. The van der Waals surface area contributed by atoms with Crippen molar-refractivity contribution in [2.75, 3.05) is 0 Å². The number of rotatable bonds is 1. The quantitative estimate of drug-likeness (QED) is 0.525. The van der Waals surface area contributed by atoms with Crippen molar-refractivity contribution >= 4 is 15.9 Å². The van der Waals surface area contributed by atoms with Crippen molar-refractivity contribution in [2.24, 2.45) is 0 Å². The third-order valence-electron chi connectivity index (χ3n) is 1.47. The maximum Gasteiger partial charge on any atom is 0.416 e. The zero-order valence-electron chi connectivity index (χ0n) is 6.28. The van der Waals surface area contributed by atoms with Crippen LogP contribution in [0.5, 0.6) is 0 Å². The van der Waals surface area contributed by atoms with Crippen molar-refractivity contribution in [3.05, 3.63) is 35.4 Å². The largest absolute Gasteiger partial charge is 0.416 e. The van der Waals surface area contributed by atoms with E-state index in [1.807, 2.05) is 0 Å². The molecule has 0 spiro atoms. The first-order chi connectivity index (χ1) is 5.91. The molecule has 0 fully saturated rings. The summed E-state index contributed by atoms with van der Waals surface area (Å²) in [5.41, 5.74) is -0.873. The third-order valence-corrected chi connectivity index (χ3v) is 1.99. The predicted molar refractivity (Wildman–Crippen MR) is 44.2 cm³/mol. The van der Waals surface area contributed by atoms with Gasteiger partial charge < -0.3 is 0 Å². The SMILES string of the molecule is FC(Br)c1cccc(C(F)(F)F)c1. The third kappa shape index (κ3) is 2.69. The summed E-state index contributed by atoms with van der Waals surface area (Å²) in [6, 6.07) is 4.14. The van der Waals surface area contributed by atoms with Crippen LogP contribution in [-0.4, -0.2) is 0 Å². The fourth-order valence-corrected chi connectivity index (χ4v) is 1.14. The van der Waals surface area contributed by atoms with E-state index in [-0.39, 0.29) is 5.56 Å². The lowest BCUT2D eigenvalue weighted by Crippen LogP contribution is -2.05. The second kappa shape index (κ2) is 3.65. The van der Waals surface area contributed by atoms with E-state index in [0.29, 0.717) is 0 Å². The predicted octanol–water partition coefficient (Wildman–Crippen LogP) is 4.07. The molecule has 1 unspecified atom stereocenters. The Morgan fingerprint density at radius 1 is 1.23 bits per heavy atom. The molecule has 1 atom stereocenters. The molecule has 0 aliphatic carbocycles. The van der Waals surface area contributed by atoms with E-state index in [1.165, 1.54) is 12.1 Å². The monoisotopic (exact) mass is 256 g/mol. The molecule has 0 aromatic heterocycles. The normalized spacial score (nSPS) is 14.2. The first-order valence-electron chi connectivity index (χ1n) is 3.36. The summed E-state index contributed by atoms with van der Waals surface area (Å²) >= 11 is 2.55. The van der Waals surface area contributed by atoms with Gasteiger partial charge in [-0.3, -0.25) is 0 Å². The zero-order valence-corrected chi connectivity index (χ0v) is 7.86. The molecular weight excluding hydrogens is 252 g/mol. The van der Waals surface area contributed by atoms with Gasteiger partial charge in [-0.05, 0) is 33.6 Å². The Bertz CT molecular complexity index is 292. The van der Waals surface area contributed by atoms with Crippen LogP contribution in [0.3, 0.4) is 0 Å². The average Bonchev–Trinajstić information content (AvgIpc) is 2.03. The molecule has 1 aromatic rings. The number of alkyl halides is 5. The Balaban J connectivity index is 3.06. The highest BCUT2D eigenvalue weighted by Crippen LogP contribution is 2.32. The number of benzene rings is 1. The molecule has 0 heterocycles. The minimum Gasteiger partial charge on any atom is -0.230 e. The number of hydrogen-bond acceptors (Lipinski definition) is 0. The Hall–Kier alpha value is -0.580. The summed E-state index contributed by atoms with van der Waals surface area (Å²) in [5, 5.41) is -1.56. The summed E-state index contributed by atoms with van der Waals surface area (Å²) in [6.07, 6.45) is -4.42. The topological polar surface area (TPSA) is 0 Å². The van der Waals surface area contributed by atoms with Gasteiger partial charge in [0.05, 0.1) is 5.56 Å². The molecule has 0 aliphatic rings. The van der Waals surface area contributed by atoms with E-state index in [0.717, 1.165) is 12.1 Å². The van der Waals surface area contributed by atoms with Gasteiger partial charge in [0, 0.05) is 0 Å². The highest BCUT2D eigenvalue weighted by molar-refractivity contribution is 9.09. The first kappa shape index (κ1) is 10.5. The van der Waals surface area contributed by atoms with Gasteiger partial charge in [0.25, 0.3) is 0 Å². The Morgan fingerprint density at radius 3 is 2.31 bits per heavy atom. The minimum absolute atomic E-state index is 0.0326. The summed E-state index contributed by atoms with van der Waals surface area (Å²) in [4.78, 5) is 0. The number of halogens is 5. The molecule has 13 heavy (non-hydrogen) atoms. The average molecular weight is 257 g/mol. The van der Waals surface area contributed by atoms with Crippen LogP contribution >= 0.6 is 15.9 Å². The zero-order chi connectivity index (χ0) is 10.1. The van der Waals surface area contributed by atoms with Gasteiger partial charge in [-0.15, -0.1) is 0 Å². The molecule has 0 amide bonds. The highest BCUT2D eigenvalue weighted by atomic mass is 79.9. The van der Waals surface area contributed by atoms with Crippen molar-refractivity contribution in [3.63, 3.8) is 0 Å². The summed E-state index contributed by atoms with van der Waals surface area (Å²) in [7, 11) is 0. The van der Waals surface area contributed by atoms with Gasteiger partial charge in [-0.1, -0.05) is 12.1 Å². The van der Waals surface area contributed by atoms with E-state index in [9.17, 15) is 17.6 Å². The Morgan fingerprint density at radius 2 is 1.85 bits per heavy atom. The molecule has 0 N–H and O–H groups in total. The molecular formula is C8H5BrF4. The van der Waals surface area contributed by atoms with Crippen LogP contribution in [0.4, 0.5) is 17.6 Å². The molecule has 72 valence electrons. The molecule has 1 aromatic carbocycles. The number of hydrogen-bond donors (Lipinski definition) is 0. The second-order valence-corrected chi connectivity index (χ2v) is 3.23. The molecule has 0 saturated carbocycles. The van der Waals surface area contributed by atoms with E-state index >= 15 is 0 Å². The second-order valence-electron chi connectivity index (χ2n) is 2.42. The lowest BCUT2D eigenvalue weighted by Gasteiger charge is -2.08. The Kier molecular flexibility index (Phi) is 2.95. The van der Waals surface area contributed by atoms with E-state index in [4.69, 9.17) is 0 Å². The van der Waals surface area contributed by atoms with Crippen LogP contribution in [0.2, 0.25) is 0 Å². The maximum absolute atomic E-state index is 12.6. The van der Waals surface area contributed by atoms with Crippen LogP contribution in [0.15, 0.2) is 24.3 Å². The van der Waals surface area contributed by atoms with Crippen molar-refractivity contribution < 1.29 is 17.6 Å². The van der Waals surface area contributed by atoms with Crippen molar-refractivity contribution in [3.8, 4) is 0 Å². The Labute approximate surface area is 80.7 Å². The van der Waals surface area contributed by atoms with E-state index in [1.54, 1.807) is 0 Å². The van der Waals surface area contributed by atoms with Crippen molar-refractivity contribution in [1.29, 1.82) is 0 Å².